The number of aromatic carboxylic acids is 1. The summed E-state index contributed by atoms with van der Waals surface area (Å²) < 4.78 is 36.4. The molecule has 74 valence electrons. The van der Waals surface area contributed by atoms with Crippen molar-refractivity contribution in [3.05, 3.63) is 23.0 Å². The van der Waals surface area contributed by atoms with Crippen molar-refractivity contribution in [3.8, 4) is 6.07 Å². The van der Waals surface area contributed by atoms with Crippen LogP contribution in [0.1, 0.15) is 21.7 Å². The molecule has 4 nitrogen and oxygen atoms in total. The Kier molecular flexibility index (Phi) is 2.21. The second-order valence-electron chi connectivity index (χ2n) is 2.39. The topological polar surface area (TPSA) is 76.9 Å². The van der Waals surface area contributed by atoms with Crippen molar-refractivity contribution >= 4 is 5.97 Å². The Morgan fingerprint density at radius 2 is 2.14 bits per heavy atom. The van der Waals surface area contributed by atoms with Crippen LogP contribution >= 0.6 is 0 Å². The molecule has 0 aromatic carbocycles. The molecule has 0 aliphatic carbocycles. The van der Waals surface area contributed by atoms with E-state index in [1.165, 1.54) is 6.07 Å². The average Bonchev–Trinajstić information content (AvgIpc) is 2.46. The van der Waals surface area contributed by atoms with Gasteiger partial charge in [-0.1, -0.05) is 0 Å². The molecule has 0 unspecified atom stereocenters. The maximum absolute atomic E-state index is 12.1. The lowest BCUT2D eigenvalue weighted by molar-refractivity contribution is -0.137. The average molecular weight is 204 g/mol. The number of hydrogen-bond donors (Lipinski definition) is 2. The summed E-state index contributed by atoms with van der Waals surface area (Å²) in [7, 11) is 0. The Hall–Kier alpha value is -1.97. The van der Waals surface area contributed by atoms with Crippen molar-refractivity contribution in [3.63, 3.8) is 0 Å². The Labute approximate surface area is 75.6 Å². The number of hydrogen-bond acceptors (Lipinski definition) is 2. The lowest BCUT2D eigenvalue weighted by atomic mass is 10.2. The van der Waals surface area contributed by atoms with Crippen LogP contribution in [0.3, 0.4) is 0 Å². The van der Waals surface area contributed by atoms with Crippen molar-refractivity contribution in [1.29, 1.82) is 5.26 Å². The first-order valence-corrected chi connectivity index (χ1v) is 3.30. The molecule has 1 rings (SSSR count). The van der Waals surface area contributed by atoms with Gasteiger partial charge in [0.25, 0.3) is 0 Å². The highest BCUT2D eigenvalue weighted by Gasteiger charge is 2.36. The minimum atomic E-state index is -4.73. The molecule has 0 aliphatic heterocycles. The number of nitrogens with one attached hydrogen (secondary N) is 1. The fraction of sp³-hybridized carbons (Fsp3) is 0.143. The van der Waals surface area contributed by atoms with Crippen LogP contribution in [0.2, 0.25) is 0 Å². The third kappa shape index (κ3) is 1.69. The largest absolute Gasteiger partial charge is 0.477 e. The van der Waals surface area contributed by atoms with Gasteiger partial charge in [-0.15, -0.1) is 0 Å². The monoisotopic (exact) mass is 204 g/mol. The molecule has 14 heavy (non-hydrogen) atoms. The van der Waals surface area contributed by atoms with Gasteiger partial charge in [0.1, 0.15) is 17.5 Å². The number of nitriles is 1. The van der Waals surface area contributed by atoms with Crippen LogP contribution in [-0.2, 0) is 6.18 Å². The van der Waals surface area contributed by atoms with Gasteiger partial charge in [0.15, 0.2) is 0 Å². The molecule has 1 aromatic heterocycles. The highest BCUT2D eigenvalue weighted by molar-refractivity contribution is 5.86. The van der Waals surface area contributed by atoms with Gasteiger partial charge in [-0.2, -0.15) is 18.4 Å². The third-order valence-corrected chi connectivity index (χ3v) is 1.47. The molecule has 1 aromatic rings. The van der Waals surface area contributed by atoms with Crippen LogP contribution in [0, 0.1) is 11.3 Å². The van der Waals surface area contributed by atoms with Gasteiger partial charge >= 0.3 is 12.1 Å². The van der Waals surface area contributed by atoms with E-state index in [1.54, 1.807) is 0 Å². The fourth-order valence-corrected chi connectivity index (χ4v) is 0.882. The Bertz CT molecular complexity index is 414. The van der Waals surface area contributed by atoms with E-state index < -0.39 is 29.1 Å². The van der Waals surface area contributed by atoms with Crippen LogP contribution in [-0.4, -0.2) is 16.1 Å². The van der Waals surface area contributed by atoms with Gasteiger partial charge < -0.3 is 10.1 Å². The summed E-state index contributed by atoms with van der Waals surface area (Å²) in [6, 6.07) is 1.63. The minimum absolute atomic E-state index is 0.390. The Morgan fingerprint density at radius 1 is 1.57 bits per heavy atom. The number of H-pyrrole nitrogens is 1. The SMILES string of the molecule is N#Cc1[nH]c(C(=O)O)cc1C(F)(F)F. The fourth-order valence-electron chi connectivity index (χ4n) is 0.882. The standard InChI is InChI=1S/C7H3F3N2O2/c8-7(9,10)3-1-4(6(13)14)12-5(3)2-11/h1,12H,(H,13,14). The zero-order valence-electron chi connectivity index (χ0n) is 6.51. The van der Waals surface area contributed by atoms with E-state index in [2.05, 4.69) is 0 Å². The van der Waals surface area contributed by atoms with Crippen molar-refractivity contribution in [2.24, 2.45) is 0 Å². The van der Waals surface area contributed by atoms with E-state index >= 15 is 0 Å². The number of nitrogens with zero attached hydrogens (tertiary/aromatic N) is 1. The normalized spacial score (nSPS) is 11.0. The second-order valence-corrected chi connectivity index (χ2v) is 2.39. The summed E-state index contributed by atoms with van der Waals surface area (Å²) in [5.41, 5.74) is -2.72. The molecule has 0 amide bonds. The molecule has 0 bridgehead atoms. The lowest BCUT2D eigenvalue weighted by Crippen LogP contribution is -2.05. The number of halogens is 3. The highest BCUT2D eigenvalue weighted by atomic mass is 19.4. The van der Waals surface area contributed by atoms with Gasteiger partial charge in [0.05, 0.1) is 5.56 Å². The molecular formula is C7H3F3N2O2. The zero-order chi connectivity index (χ0) is 10.9. The predicted molar refractivity (Wildman–Crippen MR) is 37.5 cm³/mol. The number of aromatic amines is 1. The molecular weight excluding hydrogens is 201 g/mol. The maximum Gasteiger partial charge on any atom is 0.419 e. The summed E-state index contributed by atoms with van der Waals surface area (Å²) in [5, 5.41) is 16.7. The van der Waals surface area contributed by atoms with E-state index in [9.17, 15) is 18.0 Å². The number of aromatic nitrogens is 1. The van der Waals surface area contributed by atoms with Gasteiger partial charge in [-0.05, 0) is 6.07 Å². The molecule has 0 spiro atoms. The number of carbonyl (C=O) groups is 1. The molecule has 0 saturated carbocycles. The van der Waals surface area contributed by atoms with E-state index in [0.29, 0.717) is 6.07 Å². The summed E-state index contributed by atoms with van der Waals surface area (Å²) in [4.78, 5) is 12.2. The zero-order valence-corrected chi connectivity index (χ0v) is 6.51. The van der Waals surface area contributed by atoms with Crippen molar-refractivity contribution < 1.29 is 23.1 Å². The van der Waals surface area contributed by atoms with Crippen molar-refractivity contribution in [2.75, 3.05) is 0 Å². The molecule has 1 heterocycles. The van der Waals surface area contributed by atoms with Crippen LogP contribution < -0.4 is 0 Å². The number of carboxylic acid groups (broad SMARTS) is 1. The van der Waals surface area contributed by atoms with E-state index in [-0.39, 0.29) is 0 Å². The summed E-state index contributed by atoms with van der Waals surface area (Å²) in [5.74, 6) is -1.54. The summed E-state index contributed by atoms with van der Waals surface area (Å²) in [6.07, 6.45) is -4.73. The second kappa shape index (κ2) is 3.06. The smallest absolute Gasteiger partial charge is 0.419 e. The molecule has 0 fully saturated rings. The van der Waals surface area contributed by atoms with Gasteiger partial charge in [-0.3, -0.25) is 0 Å². The Morgan fingerprint density at radius 3 is 2.43 bits per heavy atom. The third-order valence-electron chi connectivity index (χ3n) is 1.47. The first-order valence-electron chi connectivity index (χ1n) is 3.30. The van der Waals surface area contributed by atoms with Crippen molar-refractivity contribution in [2.45, 2.75) is 6.18 Å². The predicted octanol–water partition coefficient (Wildman–Crippen LogP) is 1.60. The lowest BCUT2D eigenvalue weighted by Gasteiger charge is -2.02. The van der Waals surface area contributed by atoms with E-state index in [4.69, 9.17) is 10.4 Å². The van der Waals surface area contributed by atoms with Gasteiger partial charge in [0.2, 0.25) is 0 Å². The van der Waals surface area contributed by atoms with E-state index in [0.717, 1.165) is 0 Å². The quantitative estimate of drug-likeness (QED) is 0.729. The van der Waals surface area contributed by atoms with Crippen LogP contribution in [0.5, 0.6) is 0 Å². The van der Waals surface area contributed by atoms with Crippen molar-refractivity contribution in [1.82, 2.24) is 4.98 Å². The molecule has 0 saturated heterocycles. The van der Waals surface area contributed by atoms with Gasteiger partial charge in [-0.25, -0.2) is 4.79 Å². The first kappa shape index (κ1) is 10.1. The molecule has 0 aliphatic rings. The number of carboxylic acids is 1. The van der Waals surface area contributed by atoms with Crippen LogP contribution in [0.15, 0.2) is 6.07 Å². The first-order chi connectivity index (χ1) is 6.36. The molecule has 2 N–H and O–H groups in total. The van der Waals surface area contributed by atoms with E-state index in [1.807, 2.05) is 4.98 Å². The molecule has 7 heteroatoms. The summed E-state index contributed by atoms with van der Waals surface area (Å²) >= 11 is 0. The number of rotatable bonds is 1. The molecule has 0 radical (unpaired) electrons. The minimum Gasteiger partial charge on any atom is -0.477 e. The Balaban J connectivity index is 3.31. The molecule has 0 atom stereocenters. The number of alkyl halides is 3. The van der Waals surface area contributed by atoms with Gasteiger partial charge in [0, 0.05) is 0 Å². The van der Waals surface area contributed by atoms with Crippen LogP contribution in [0.4, 0.5) is 13.2 Å². The summed E-state index contributed by atoms with van der Waals surface area (Å²) in [6.45, 7) is 0. The van der Waals surface area contributed by atoms with Crippen LogP contribution in [0.25, 0.3) is 0 Å². The maximum atomic E-state index is 12.1. The highest BCUT2D eigenvalue weighted by Crippen LogP contribution is 2.32.